The van der Waals surface area contributed by atoms with Crippen molar-refractivity contribution in [2.45, 2.75) is 246 Å². The van der Waals surface area contributed by atoms with Crippen molar-refractivity contribution >= 4 is 122 Å². The highest BCUT2D eigenvalue weighted by Crippen LogP contribution is 2.43. The van der Waals surface area contributed by atoms with Crippen LogP contribution >= 0.6 is 11.8 Å². The number of nitrogens with one attached hydrogen (secondary N) is 10. The number of ketones is 5. The van der Waals surface area contributed by atoms with E-state index in [0.29, 0.717) is 65.5 Å². The van der Waals surface area contributed by atoms with Gasteiger partial charge < -0.3 is 72.4 Å². The molecule has 14 N–H and O–H groups in total. The molecule has 1 aromatic heterocycles. The first-order valence-corrected chi connectivity index (χ1v) is 48.6. The molecule has 0 bridgehead atoms. The number of carboxylic acid groups (broad SMARTS) is 2. The summed E-state index contributed by atoms with van der Waals surface area (Å²) < 4.78 is 5.92. The van der Waals surface area contributed by atoms with E-state index in [1.807, 2.05) is 51.3 Å². The Morgan fingerprint density at radius 2 is 1.01 bits per heavy atom. The topological polar surface area (TPSA) is 486 Å². The number of fused-ring (bicyclic) bond motifs is 3. The molecule has 10 atom stereocenters. The van der Waals surface area contributed by atoms with Crippen molar-refractivity contribution in [3.63, 3.8) is 0 Å². The van der Waals surface area contributed by atoms with Gasteiger partial charge in [0, 0.05) is 140 Å². The number of aromatic carboxylic acids is 1. The number of phenolic OH excluding ortho intramolecular Hbond substituents is 2. The van der Waals surface area contributed by atoms with Gasteiger partial charge >= 0.3 is 11.9 Å². The quantitative estimate of drug-likeness (QED) is 0.00728. The van der Waals surface area contributed by atoms with Gasteiger partial charge in [0.25, 0.3) is 5.91 Å². The number of aliphatic carboxylic acids is 1. The summed E-state index contributed by atoms with van der Waals surface area (Å²) in [5.41, 5.74) is 3.17. The molecule has 1 aliphatic carbocycles. The maximum absolute atomic E-state index is 15.4. The number of carboxylic acids is 2. The highest BCUT2D eigenvalue weighted by atomic mass is 32.2. The van der Waals surface area contributed by atoms with Crippen molar-refractivity contribution in [3.8, 4) is 33.9 Å². The number of thioether (sulfide) groups is 1. The first-order chi connectivity index (χ1) is 64.6. The molecule has 0 radical (unpaired) electrons. The summed E-state index contributed by atoms with van der Waals surface area (Å²) in [6, 6.07) is 28.9. The third-order valence-electron chi connectivity index (χ3n) is 24.7. The summed E-state index contributed by atoms with van der Waals surface area (Å²) in [5.74, 6) is -15.4. The monoisotopic (exact) mass is 1870 g/mol. The normalized spacial score (nSPS) is 13.7. The van der Waals surface area contributed by atoms with Gasteiger partial charge in [0.1, 0.15) is 22.8 Å². The van der Waals surface area contributed by atoms with E-state index in [-0.39, 0.29) is 147 Å². The van der Waals surface area contributed by atoms with Crippen molar-refractivity contribution in [2.24, 2.45) is 41.4 Å². The summed E-state index contributed by atoms with van der Waals surface area (Å²) in [5, 5.41) is 73.5. The van der Waals surface area contributed by atoms with Gasteiger partial charge in [0.05, 0.1) is 47.5 Å². The van der Waals surface area contributed by atoms with Crippen LogP contribution in [0.2, 0.25) is 0 Å². The van der Waals surface area contributed by atoms with E-state index in [9.17, 15) is 68.4 Å². The number of para-hydroxylation sites is 1. The first-order valence-electron chi connectivity index (χ1n) is 47.2. The van der Waals surface area contributed by atoms with Crippen molar-refractivity contribution in [1.82, 2.24) is 47.5 Å². The minimum absolute atomic E-state index is 0.0424. The van der Waals surface area contributed by atoms with Gasteiger partial charge in [0.2, 0.25) is 35.4 Å². The average molecular weight is 1880 g/mol. The molecule has 31 heteroatoms. The minimum atomic E-state index is -1.37. The Kier molecular flexibility index (Phi) is 43.6. The molecule has 0 fully saturated rings. The summed E-state index contributed by atoms with van der Waals surface area (Å²) in [7, 11) is 0. The average Bonchev–Trinajstić information content (AvgIpc) is 1.13. The second kappa shape index (κ2) is 54.6. The Bertz CT molecular complexity index is 5440. The number of aromatic nitrogens is 1. The number of unbranched alkanes of at least 4 members (excludes halogenated alkanes) is 6. The predicted octanol–water partition coefficient (Wildman–Crippen LogP) is 14.1. The lowest BCUT2D eigenvalue weighted by molar-refractivity contribution is -0.144. The van der Waals surface area contributed by atoms with Crippen LogP contribution in [0.15, 0.2) is 149 Å². The van der Waals surface area contributed by atoms with Crippen LogP contribution in [0, 0.1) is 46.8 Å². The highest BCUT2D eigenvalue weighted by molar-refractivity contribution is 7.98. The fourth-order valence-corrected chi connectivity index (χ4v) is 17.4. The molecular formula is C104H134N10O20S. The Morgan fingerprint density at radius 1 is 0.467 bits per heavy atom. The van der Waals surface area contributed by atoms with Gasteiger partial charge in [-0.05, 0) is 165 Å². The number of amidine groups is 1. The van der Waals surface area contributed by atoms with E-state index < -0.39 is 173 Å². The zero-order chi connectivity index (χ0) is 98.4. The van der Waals surface area contributed by atoms with E-state index in [1.165, 1.54) is 72.4 Å². The lowest BCUT2D eigenvalue weighted by atomic mass is 9.84. The maximum atomic E-state index is 15.4. The minimum Gasteiger partial charge on any atom is -0.508 e. The number of rotatable bonds is 61. The predicted molar refractivity (Wildman–Crippen MR) is 520 cm³/mol. The van der Waals surface area contributed by atoms with Crippen LogP contribution in [0.4, 0.5) is 0 Å². The summed E-state index contributed by atoms with van der Waals surface area (Å²) in [4.78, 5) is 217. The van der Waals surface area contributed by atoms with Crippen LogP contribution in [0.1, 0.15) is 234 Å². The molecule has 6 aromatic rings. The molecule has 2 heterocycles. The molecule has 7 amide bonds. The van der Waals surface area contributed by atoms with Crippen molar-refractivity contribution in [2.75, 3.05) is 31.6 Å². The third kappa shape index (κ3) is 33.7. The molecule has 0 saturated carbocycles. The van der Waals surface area contributed by atoms with Crippen LogP contribution in [0.5, 0.6) is 11.5 Å². The number of aromatic amines is 1. The number of benzene rings is 6. The van der Waals surface area contributed by atoms with E-state index in [4.69, 9.17) is 9.83 Å². The van der Waals surface area contributed by atoms with Crippen LogP contribution in [-0.4, -0.2) is 175 Å². The van der Waals surface area contributed by atoms with Gasteiger partial charge in [-0.25, -0.2) is 4.79 Å². The number of hydrogen-bond donors (Lipinski definition) is 14. The number of aromatic hydroxyl groups is 2. The number of amides is 7. The zero-order valence-electron chi connectivity index (χ0n) is 78.9. The lowest BCUT2D eigenvalue weighted by Crippen LogP contribution is -2.51. The zero-order valence-corrected chi connectivity index (χ0v) is 79.8. The third-order valence-corrected chi connectivity index (χ3v) is 25.3. The molecule has 30 nitrogen and oxygen atoms in total. The first kappa shape index (κ1) is 108. The van der Waals surface area contributed by atoms with Gasteiger partial charge in [0.15, 0.2) is 34.3 Å². The van der Waals surface area contributed by atoms with E-state index in [2.05, 4.69) is 47.5 Å². The van der Waals surface area contributed by atoms with Gasteiger partial charge in [-0.1, -0.05) is 173 Å². The second-order valence-electron chi connectivity index (χ2n) is 35.9. The van der Waals surface area contributed by atoms with E-state index in [0.717, 1.165) is 48.6 Å². The number of carbonyl (C=O) groups is 14. The Hall–Kier alpha value is -12.7. The molecule has 5 aromatic carbocycles. The van der Waals surface area contributed by atoms with Crippen LogP contribution in [-0.2, 0) is 76.8 Å². The smallest absolute Gasteiger partial charge is 0.336 e. The lowest BCUT2D eigenvalue weighted by Gasteiger charge is -2.29. The van der Waals surface area contributed by atoms with Crippen molar-refractivity contribution in [3.05, 3.63) is 178 Å². The highest BCUT2D eigenvalue weighted by Gasteiger charge is 2.39. The van der Waals surface area contributed by atoms with Crippen molar-refractivity contribution < 1.29 is 92.0 Å². The van der Waals surface area contributed by atoms with Gasteiger partial charge in [-0.2, -0.15) is 11.8 Å². The molecule has 2 aliphatic rings. The second-order valence-corrected chi connectivity index (χ2v) is 36.9. The molecule has 726 valence electrons. The summed E-state index contributed by atoms with van der Waals surface area (Å²) in [6.07, 6.45) is 8.69. The Balaban J connectivity index is 0.948. The van der Waals surface area contributed by atoms with Crippen LogP contribution < -0.4 is 48.0 Å². The van der Waals surface area contributed by atoms with Gasteiger partial charge in [-0.3, -0.25) is 72.5 Å². The standard InChI is InChI=1S/C104H134N10O20S/c1-10-13-17-27-69(103(130)131)55-88(119)84(32-19-15-12-3)111-100(127)71(52-72-61-109-82-30-23-22-29-76(72)82)57-89(120)85(45-49-135-9)112-102(129)80(62(4)5)60-91(122)97(63(6)7)114-101(128)70(50-66-33-36-73(115)37-34-66)56-90(121)86(51-65-25-20-16-21-26-65)113-99(126)67(28-24-46-106-64(8)105)54-87(118)83(31-18-14-11-2)110-95(124)44-47-107-94(123)43-48-108-98(125)68-35-40-77(81(53-68)104(132)133)96-78-41-38-74(116)58-92(78)134-93-59-75(117)39-42-79(93)96/h16,20-23,25-26,29-30,33-42,53,58-59,61-63,67,69-71,80,83-86,97,109,115-116H,10-15,17-19,24,27-28,31-32,43-52,54-57,60H2,1-9H3,(H2,105,106)(H,107,123)(H,108,125)(H,110,124)(H,111,127)(H,112,129)(H,113,126)(H,114,128)(H,130,131)(H,132,133)/t67-,69-,70-,71-,80+,83+,84+,85+,86+,97+/m1/s1. The molecule has 8 rings (SSSR count). The number of H-pyrrole nitrogens is 1. The fraction of sp³-hybridized carbons (Fsp3) is 0.481. The van der Waals surface area contributed by atoms with Crippen LogP contribution in [0.25, 0.3) is 44.3 Å². The Morgan fingerprint density at radius 3 is 1.65 bits per heavy atom. The maximum Gasteiger partial charge on any atom is 0.336 e. The van der Waals surface area contributed by atoms with E-state index >= 15 is 24.0 Å². The molecule has 0 saturated heterocycles. The molecular weight excluding hydrogens is 1740 g/mol. The largest absolute Gasteiger partial charge is 0.508 e. The number of hydrogen-bond acceptors (Lipinski definition) is 20. The number of Topliss-reactive ketones (excluding diaryl/α,β-unsaturated/α-hetero) is 5. The SMILES string of the molecule is CCCCC[C@H](CC(=O)[C@H](CCCCC)NC(=O)[C@@H](CC(=O)[C@H](CCSC)NC(=O)[C@@H](CC(=O)[C@@H](NC(=O)[C@@H](CC(=O)[C@H](Cc1ccccc1)NC(=O)[C@H](CCCNC(C)=N)CC(=O)[C@H](CCCCC)NC(=O)CCNC(=O)CCNC(=O)c1ccc(-c2c3ccc(=O)cc-3oc3cc(O)ccc23)c(C(=O)O)c1)Cc1ccc(O)cc1)C(C)C)C(C)C)Cc1c[nH]c2ccccc12)C(=O)O. The molecule has 1 aliphatic heterocycles. The summed E-state index contributed by atoms with van der Waals surface area (Å²) in [6.45, 7) is 14.3. The fourth-order valence-electron chi connectivity index (χ4n) is 16.9. The number of phenols is 2. The van der Waals surface area contributed by atoms with Crippen molar-refractivity contribution in [1.29, 1.82) is 5.41 Å². The molecule has 0 spiro atoms. The van der Waals surface area contributed by atoms with Gasteiger partial charge in [-0.15, -0.1) is 0 Å². The summed E-state index contributed by atoms with van der Waals surface area (Å²) >= 11 is 1.44. The van der Waals surface area contributed by atoms with E-state index in [1.54, 1.807) is 89.3 Å². The number of carbonyl (C=O) groups excluding carboxylic acids is 12. The Labute approximate surface area is 793 Å². The molecule has 0 unspecified atom stereocenters. The van der Waals surface area contributed by atoms with Crippen LogP contribution in [0.3, 0.4) is 0 Å². The molecule has 135 heavy (non-hydrogen) atoms.